The molecule has 1 aliphatic heterocycles. The van der Waals surface area contributed by atoms with E-state index in [4.69, 9.17) is 9.47 Å². The molecule has 1 aliphatic carbocycles. The second-order valence-electron chi connectivity index (χ2n) is 9.27. The van der Waals surface area contributed by atoms with Crippen LogP contribution in [0.2, 0.25) is 0 Å². The summed E-state index contributed by atoms with van der Waals surface area (Å²) in [6.07, 6.45) is 7.75. The third kappa shape index (κ3) is 5.05. The van der Waals surface area contributed by atoms with E-state index in [9.17, 15) is 9.59 Å². The first kappa shape index (κ1) is 23.9. The van der Waals surface area contributed by atoms with E-state index in [-0.39, 0.29) is 30.3 Å². The Morgan fingerprint density at radius 1 is 1.00 bits per heavy atom. The van der Waals surface area contributed by atoms with Gasteiger partial charge in [-0.05, 0) is 54.7 Å². The molecule has 1 N–H and O–H groups in total. The number of aromatic nitrogens is 1. The van der Waals surface area contributed by atoms with Crippen molar-refractivity contribution in [1.82, 2.24) is 10.3 Å². The zero-order valence-electron chi connectivity index (χ0n) is 20.5. The van der Waals surface area contributed by atoms with E-state index in [1.54, 1.807) is 42.6 Å². The van der Waals surface area contributed by atoms with Gasteiger partial charge in [0.05, 0.1) is 0 Å². The van der Waals surface area contributed by atoms with E-state index >= 15 is 0 Å². The van der Waals surface area contributed by atoms with Gasteiger partial charge in [0.2, 0.25) is 12.7 Å². The van der Waals surface area contributed by atoms with Gasteiger partial charge in [0.1, 0.15) is 11.7 Å². The Morgan fingerprint density at radius 3 is 2.50 bits per heavy atom. The van der Waals surface area contributed by atoms with Crippen molar-refractivity contribution in [2.75, 3.05) is 11.7 Å². The number of nitrogens with one attached hydrogen (secondary N) is 1. The Bertz CT molecular complexity index is 1210. The number of fused-ring (bicyclic) bond motifs is 1. The van der Waals surface area contributed by atoms with E-state index in [0.29, 0.717) is 17.2 Å². The van der Waals surface area contributed by atoms with Crippen LogP contribution in [0, 0.1) is 0 Å². The summed E-state index contributed by atoms with van der Waals surface area (Å²) in [5.41, 5.74) is 2.70. The summed E-state index contributed by atoms with van der Waals surface area (Å²) >= 11 is 0. The van der Waals surface area contributed by atoms with Crippen molar-refractivity contribution in [3.05, 3.63) is 83.7 Å². The Labute approximate surface area is 211 Å². The number of rotatable bonds is 7. The molecule has 1 aromatic heterocycles. The number of aryl methyl sites for hydroxylation is 1. The fourth-order valence-electron chi connectivity index (χ4n) is 4.91. The smallest absolute Gasteiger partial charge is 0.277 e. The number of amides is 2. The summed E-state index contributed by atoms with van der Waals surface area (Å²) < 4.78 is 11.1. The van der Waals surface area contributed by atoms with E-state index in [1.165, 1.54) is 11.3 Å². The van der Waals surface area contributed by atoms with Gasteiger partial charge in [-0.15, -0.1) is 0 Å². The summed E-state index contributed by atoms with van der Waals surface area (Å²) in [4.78, 5) is 33.8. The number of anilines is 1. The van der Waals surface area contributed by atoms with Crippen molar-refractivity contribution in [1.29, 1.82) is 0 Å². The summed E-state index contributed by atoms with van der Waals surface area (Å²) in [6, 6.07) is 17.6. The van der Waals surface area contributed by atoms with Gasteiger partial charge < -0.3 is 14.8 Å². The zero-order valence-corrected chi connectivity index (χ0v) is 20.5. The van der Waals surface area contributed by atoms with E-state index in [0.717, 1.165) is 43.2 Å². The minimum atomic E-state index is -0.882. The molecule has 2 amide bonds. The van der Waals surface area contributed by atoms with Crippen molar-refractivity contribution in [2.24, 2.45) is 0 Å². The Hall–Kier alpha value is -3.87. The number of carbonyl (C=O) groups is 2. The number of hydrogen-bond donors (Lipinski definition) is 1. The lowest BCUT2D eigenvalue weighted by Crippen LogP contribution is -2.47. The van der Waals surface area contributed by atoms with Gasteiger partial charge >= 0.3 is 0 Å². The van der Waals surface area contributed by atoms with Crippen LogP contribution in [0.25, 0.3) is 0 Å². The molecule has 1 fully saturated rings. The van der Waals surface area contributed by atoms with Crippen LogP contribution in [0.1, 0.15) is 66.7 Å². The topological polar surface area (TPSA) is 80.8 Å². The largest absolute Gasteiger partial charge is 0.454 e. The van der Waals surface area contributed by atoms with Gasteiger partial charge in [0.25, 0.3) is 5.91 Å². The van der Waals surface area contributed by atoms with Crippen LogP contribution in [0.15, 0.2) is 66.9 Å². The number of benzene rings is 2. The molecule has 2 aromatic carbocycles. The highest BCUT2D eigenvalue weighted by Crippen LogP contribution is 2.39. The van der Waals surface area contributed by atoms with Gasteiger partial charge in [-0.1, -0.05) is 56.5 Å². The molecule has 7 heteroatoms. The first-order valence-corrected chi connectivity index (χ1v) is 12.7. The Balaban J connectivity index is 1.60. The predicted molar refractivity (Wildman–Crippen MR) is 137 cm³/mol. The number of carbonyl (C=O) groups excluding carboxylic acids is 2. The molecule has 7 nitrogen and oxygen atoms in total. The maximum absolute atomic E-state index is 14.0. The standard InChI is InChI=1S/C29H31N3O4/c1-2-20-11-13-21(14-12-20)27(28(33)31-22-8-4-3-5-9-22)32(29(34)24-10-6-7-17-30-24)23-15-16-25-26(18-23)36-19-35-25/h6-7,10-18,22,27H,2-5,8-9,19H2,1H3,(H,31,33)/t27-/m1/s1. The number of hydrogen-bond acceptors (Lipinski definition) is 5. The summed E-state index contributed by atoms with van der Waals surface area (Å²) in [6.45, 7) is 2.21. The monoisotopic (exact) mass is 485 g/mol. The molecule has 1 saturated carbocycles. The maximum atomic E-state index is 14.0. The second-order valence-corrected chi connectivity index (χ2v) is 9.27. The third-order valence-corrected chi connectivity index (χ3v) is 6.90. The SMILES string of the molecule is CCc1ccc([C@H](C(=O)NC2CCCCC2)N(C(=O)c2ccccn2)c2ccc3c(c2)OCO3)cc1. The van der Waals surface area contributed by atoms with Crippen molar-refractivity contribution in [3.63, 3.8) is 0 Å². The van der Waals surface area contributed by atoms with Crippen molar-refractivity contribution in [2.45, 2.75) is 57.5 Å². The van der Waals surface area contributed by atoms with Gasteiger partial charge in [-0.2, -0.15) is 0 Å². The quantitative estimate of drug-likeness (QED) is 0.497. The van der Waals surface area contributed by atoms with Crippen LogP contribution >= 0.6 is 0 Å². The zero-order chi connectivity index (χ0) is 24.9. The Kier molecular flexibility index (Phi) is 7.16. The fourth-order valence-corrected chi connectivity index (χ4v) is 4.91. The molecule has 186 valence electrons. The maximum Gasteiger partial charge on any atom is 0.277 e. The van der Waals surface area contributed by atoms with Gasteiger partial charge in [-0.25, -0.2) is 0 Å². The molecule has 36 heavy (non-hydrogen) atoms. The highest BCUT2D eigenvalue weighted by Gasteiger charge is 2.36. The molecule has 2 aliphatic rings. The molecule has 2 heterocycles. The molecular formula is C29H31N3O4. The van der Waals surface area contributed by atoms with E-state index < -0.39 is 6.04 Å². The number of ether oxygens (including phenoxy) is 2. The molecule has 5 rings (SSSR count). The van der Waals surface area contributed by atoms with Gasteiger partial charge in [-0.3, -0.25) is 19.5 Å². The fraction of sp³-hybridized carbons (Fsp3) is 0.345. The van der Waals surface area contributed by atoms with Gasteiger partial charge in [0, 0.05) is 24.0 Å². The van der Waals surface area contributed by atoms with Crippen molar-refractivity contribution in [3.8, 4) is 11.5 Å². The molecular weight excluding hydrogens is 454 g/mol. The number of pyridine rings is 1. The van der Waals surface area contributed by atoms with Crippen LogP contribution in [0.5, 0.6) is 11.5 Å². The lowest BCUT2D eigenvalue weighted by molar-refractivity contribution is -0.123. The molecule has 0 saturated heterocycles. The van der Waals surface area contributed by atoms with Crippen LogP contribution in [0.3, 0.4) is 0 Å². The summed E-state index contributed by atoms with van der Waals surface area (Å²) in [7, 11) is 0. The summed E-state index contributed by atoms with van der Waals surface area (Å²) in [5, 5.41) is 3.25. The highest BCUT2D eigenvalue weighted by molar-refractivity contribution is 6.09. The molecule has 0 spiro atoms. The van der Waals surface area contributed by atoms with Crippen LogP contribution < -0.4 is 19.7 Å². The van der Waals surface area contributed by atoms with E-state index in [2.05, 4.69) is 17.2 Å². The number of nitrogens with zero attached hydrogens (tertiary/aromatic N) is 2. The molecule has 1 atom stereocenters. The lowest BCUT2D eigenvalue weighted by atomic mass is 9.94. The molecule has 3 aromatic rings. The third-order valence-electron chi connectivity index (χ3n) is 6.90. The van der Waals surface area contributed by atoms with Gasteiger partial charge in [0.15, 0.2) is 11.5 Å². The van der Waals surface area contributed by atoms with Crippen molar-refractivity contribution >= 4 is 17.5 Å². The molecule has 0 unspecified atom stereocenters. The average Bonchev–Trinajstić information content (AvgIpc) is 3.40. The lowest BCUT2D eigenvalue weighted by Gasteiger charge is -2.33. The Morgan fingerprint density at radius 2 is 1.78 bits per heavy atom. The first-order chi connectivity index (χ1) is 17.6. The van der Waals surface area contributed by atoms with Crippen LogP contribution in [-0.2, 0) is 11.2 Å². The summed E-state index contributed by atoms with van der Waals surface area (Å²) in [5.74, 6) is 0.588. The molecule has 0 bridgehead atoms. The second kappa shape index (κ2) is 10.8. The normalized spacial score (nSPS) is 15.8. The minimum absolute atomic E-state index is 0.104. The van der Waals surface area contributed by atoms with Crippen molar-refractivity contribution < 1.29 is 19.1 Å². The van der Waals surface area contributed by atoms with Crippen LogP contribution in [0.4, 0.5) is 5.69 Å². The highest BCUT2D eigenvalue weighted by atomic mass is 16.7. The first-order valence-electron chi connectivity index (χ1n) is 12.7. The minimum Gasteiger partial charge on any atom is -0.454 e. The van der Waals surface area contributed by atoms with Crippen LogP contribution in [-0.4, -0.2) is 29.6 Å². The average molecular weight is 486 g/mol. The predicted octanol–water partition coefficient (Wildman–Crippen LogP) is 5.21. The molecule has 0 radical (unpaired) electrons. The van der Waals surface area contributed by atoms with E-state index in [1.807, 2.05) is 24.3 Å².